The van der Waals surface area contributed by atoms with Gasteiger partial charge in [-0.05, 0) is 26.3 Å². The van der Waals surface area contributed by atoms with Crippen LogP contribution in [0.4, 0.5) is 0 Å². The Kier molecular flexibility index (Phi) is 2.36. The second-order valence-corrected chi connectivity index (χ2v) is 3.78. The molecule has 1 aromatic rings. The van der Waals surface area contributed by atoms with Crippen LogP contribution in [0.2, 0.25) is 0 Å². The maximum absolute atomic E-state index is 4.38. The van der Waals surface area contributed by atoms with Crippen molar-refractivity contribution in [1.29, 1.82) is 0 Å². The molecule has 1 aromatic heterocycles. The van der Waals surface area contributed by atoms with E-state index in [4.69, 9.17) is 0 Å². The summed E-state index contributed by atoms with van der Waals surface area (Å²) in [6.07, 6.45) is 6.34. The molecule has 1 aliphatic rings. The first-order valence-electron chi connectivity index (χ1n) is 5.09. The van der Waals surface area contributed by atoms with Gasteiger partial charge in [0.15, 0.2) is 0 Å². The summed E-state index contributed by atoms with van der Waals surface area (Å²) < 4.78 is 2.27. The van der Waals surface area contributed by atoms with Gasteiger partial charge in [0, 0.05) is 18.4 Å². The van der Waals surface area contributed by atoms with E-state index >= 15 is 0 Å². The summed E-state index contributed by atoms with van der Waals surface area (Å²) in [4.78, 5) is 4.38. The predicted molar refractivity (Wildman–Crippen MR) is 52.6 cm³/mol. The summed E-state index contributed by atoms with van der Waals surface area (Å²) in [6, 6.07) is 1.08. The second kappa shape index (κ2) is 3.50. The van der Waals surface area contributed by atoms with Gasteiger partial charge in [-0.15, -0.1) is 0 Å². The van der Waals surface area contributed by atoms with Gasteiger partial charge < -0.3 is 9.88 Å². The molecule has 0 radical (unpaired) electrons. The van der Waals surface area contributed by atoms with E-state index in [1.54, 1.807) is 0 Å². The van der Waals surface area contributed by atoms with Crippen molar-refractivity contribution in [3.05, 3.63) is 18.2 Å². The van der Waals surface area contributed by atoms with E-state index in [0.29, 0.717) is 12.1 Å². The molecule has 0 saturated heterocycles. The van der Waals surface area contributed by atoms with E-state index in [2.05, 4.69) is 34.9 Å². The third kappa shape index (κ3) is 1.48. The Morgan fingerprint density at radius 1 is 1.69 bits per heavy atom. The Hall–Kier alpha value is -0.830. The van der Waals surface area contributed by atoms with E-state index < -0.39 is 0 Å². The molecular formula is C10H17N3. The van der Waals surface area contributed by atoms with Gasteiger partial charge in [-0.25, -0.2) is 4.98 Å². The lowest BCUT2D eigenvalue weighted by molar-refractivity contribution is 0.483. The van der Waals surface area contributed by atoms with Gasteiger partial charge in [0.2, 0.25) is 0 Å². The number of nitrogens with zero attached hydrogens (tertiary/aromatic N) is 2. The maximum atomic E-state index is 4.38. The van der Waals surface area contributed by atoms with Crippen LogP contribution in [0.1, 0.15) is 44.6 Å². The first-order valence-corrected chi connectivity index (χ1v) is 5.09. The van der Waals surface area contributed by atoms with Gasteiger partial charge >= 0.3 is 0 Å². The van der Waals surface area contributed by atoms with Crippen molar-refractivity contribution in [2.24, 2.45) is 0 Å². The zero-order chi connectivity index (χ0) is 9.26. The number of imidazole rings is 1. The van der Waals surface area contributed by atoms with Crippen molar-refractivity contribution < 1.29 is 0 Å². The monoisotopic (exact) mass is 179 g/mol. The highest BCUT2D eigenvalue weighted by molar-refractivity contribution is 5.07. The Morgan fingerprint density at radius 3 is 3.31 bits per heavy atom. The molecule has 2 unspecified atom stereocenters. The van der Waals surface area contributed by atoms with E-state index in [1.807, 2.05) is 6.20 Å². The molecule has 0 aromatic carbocycles. The molecule has 2 rings (SSSR count). The zero-order valence-corrected chi connectivity index (χ0v) is 8.33. The highest BCUT2D eigenvalue weighted by atomic mass is 15.2. The second-order valence-electron chi connectivity index (χ2n) is 3.78. The van der Waals surface area contributed by atoms with Gasteiger partial charge in [-0.1, -0.05) is 6.92 Å². The molecule has 72 valence electrons. The van der Waals surface area contributed by atoms with Crippen LogP contribution in [-0.2, 0) is 0 Å². The third-order valence-electron chi connectivity index (χ3n) is 2.70. The molecule has 0 aliphatic carbocycles. The highest BCUT2D eigenvalue weighted by Crippen LogP contribution is 2.32. The highest BCUT2D eigenvalue weighted by Gasteiger charge is 2.27. The van der Waals surface area contributed by atoms with Crippen LogP contribution in [0.5, 0.6) is 0 Å². The molecule has 0 fully saturated rings. The smallest absolute Gasteiger partial charge is 0.126 e. The predicted octanol–water partition coefficient (Wildman–Crippen LogP) is 1.89. The van der Waals surface area contributed by atoms with Crippen LogP contribution in [0.15, 0.2) is 12.4 Å². The molecule has 1 N–H and O–H groups in total. The van der Waals surface area contributed by atoms with Crippen LogP contribution in [0.3, 0.4) is 0 Å². The van der Waals surface area contributed by atoms with Crippen LogP contribution in [0, 0.1) is 0 Å². The summed E-state index contributed by atoms with van der Waals surface area (Å²) in [6.45, 7) is 5.53. The molecule has 3 nitrogen and oxygen atoms in total. The minimum absolute atomic E-state index is 0.477. The Morgan fingerprint density at radius 2 is 2.54 bits per heavy atom. The fourth-order valence-corrected chi connectivity index (χ4v) is 2.02. The number of hydrogen-bond acceptors (Lipinski definition) is 2. The first-order chi connectivity index (χ1) is 6.33. The molecule has 0 spiro atoms. The van der Waals surface area contributed by atoms with Crippen molar-refractivity contribution in [1.82, 2.24) is 14.9 Å². The molecule has 2 heterocycles. The standard InChI is InChI=1S/C10H17N3/c1-3-4-11-9-7-8(2)13-6-5-12-10(9)13/h5-6,8-9,11H,3-4,7H2,1-2H3. The van der Waals surface area contributed by atoms with Gasteiger partial charge in [0.1, 0.15) is 5.82 Å². The van der Waals surface area contributed by atoms with Gasteiger partial charge in [-0.2, -0.15) is 0 Å². The van der Waals surface area contributed by atoms with Gasteiger partial charge in [0.25, 0.3) is 0 Å². The van der Waals surface area contributed by atoms with Crippen molar-refractivity contribution in [3.8, 4) is 0 Å². The fourth-order valence-electron chi connectivity index (χ4n) is 2.02. The lowest BCUT2D eigenvalue weighted by Gasteiger charge is -2.09. The van der Waals surface area contributed by atoms with Crippen molar-refractivity contribution in [3.63, 3.8) is 0 Å². The van der Waals surface area contributed by atoms with Gasteiger partial charge in [0.05, 0.1) is 6.04 Å². The van der Waals surface area contributed by atoms with E-state index in [0.717, 1.165) is 6.54 Å². The maximum Gasteiger partial charge on any atom is 0.126 e. The van der Waals surface area contributed by atoms with E-state index in [1.165, 1.54) is 18.7 Å². The Bertz CT molecular complexity index is 279. The van der Waals surface area contributed by atoms with E-state index in [9.17, 15) is 0 Å². The number of fused-ring (bicyclic) bond motifs is 1. The summed E-state index contributed by atoms with van der Waals surface area (Å²) in [7, 11) is 0. The number of nitrogens with one attached hydrogen (secondary N) is 1. The SMILES string of the molecule is CCCNC1CC(C)n2ccnc21. The van der Waals surface area contributed by atoms with E-state index in [-0.39, 0.29) is 0 Å². The number of hydrogen-bond donors (Lipinski definition) is 1. The third-order valence-corrected chi connectivity index (χ3v) is 2.70. The molecule has 2 atom stereocenters. The van der Waals surface area contributed by atoms with Crippen LogP contribution >= 0.6 is 0 Å². The lowest BCUT2D eigenvalue weighted by Crippen LogP contribution is -2.20. The van der Waals surface area contributed by atoms with Crippen molar-refractivity contribution in [2.75, 3.05) is 6.54 Å². The molecule has 0 amide bonds. The van der Waals surface area contributed by atoms with Crippen LogP contribution in [0.25, 0.3) is 0 Å². The summed E-state index contributed by atoms with van der Waals surface area (Å²) >= 11 is 0. The molecule has 1 aliphatic heterocycles. The molecular weight excluding hydrogens is 162 g/mol. The van der Waals surface area contributed by atoms with Crippen LogP contribution in [-0.4, -0.2) is 16.1 Å². The normalized spacial score (nSPS) is 26.3. The van der Waals surface area contributed by atoms with Gasteiger partial charge in [-0.3, -0.25) is 0 Å². The Labute approximate surface area is 79.2 Å². The minimum Gasteiger partial charge on any atom is -0.331 e. The fraction of sp³-hybridized carbons (Fsp3) is 0.700. The summed E-state index contributed by atoms with van der Waals surface area (Å²) in [5.41, 5.74) is 0. The average molecular weight is 179 g/mol. The lowest BCUT2D eigenvalue weighted by atomic mass is 10.1. The van der Waals surface area contributed by atoms with Crippen molar-refractivity contribution in [2.45, 2.75) is 38.8 Å². The molecule has 13 heavy (non-hydrogen) atoms. The summed E-state index contributed by atoms with van der Waals surface area (Å²) in [5, 5.41) is 3.52. The Balaban J connectivity index is 2.09. The zero-order valence-electron chi connectivity index (χ0n) is 8.33. The average Bonchev–Trinajstić information content (AvgIpc) is 2.67. The number of aromatic nitrogens is 2. The minimum atomic E-state index is 0.477. The largest absolute Gasteiger partial charge is 0.331 e. The quantitative estimate of drug-likeness (QED) is 0.768. The topological polar surface area (TPSA) is 29.9 Å². The van der Waals surface area contributed by atoms with Crippen LogP contribution < -0.4 is 5.32 Å². The summed E-state index contributed by atoms with van der Waals surface area (Å²) in [5.74, 6) is 1.21. The number of rotatable bonds is 3. The molecule has 3 heteroatoms. The van der Waals surface area contributed by atoms with Crippen molar-refractivity contribution >= 4 is 0 Å². The first kappa shape index (κ1) is 8.75. The molecule has 0 bridgehead atoms. The molecule has 0 saturated carbocycles.